The molecule has 0 aromatic heterocycles. The zero-order chi connectivity index (χ0) is 20.7. The third-order valence-corrected chi connectivity index (χ3v) is 3.71. The highest BCUT2D eigenvalue weighted by atomic mass is 35.5. The van der Waals surface area contributed by atoms with Crippen LogP contribution < -0.4 is 20.1 Å². The van der Waals surface area contributed by atoms with E-state index in [0.29, 0.717) is 12.1 Å². The van der Waals surface area contributed by atoms with Crippen LogP contribution in [-0.4, -0.2) is 23.0 Å². The first-order chi connectivity index (χ1) is 13.0. The number of nitrogens with one attached hydrogen (secondary N) is 2. The maximum atomic E-state index is 13.7. The molecule has 0 spiro atoms. The first-order valence-corrected chi connectivity index (χ1v) is 7.66. The topological polar surface area (TPSA) is 103 Å². The predicted molar refractivity (Wildman–Crippen MR) is 86.7 cm³/mol. The van der Waals surface area contributed by atoms with E-state index in [1.165, 1.54) is 11.4 Å². The summed E-state index contributed by atoms with van der Waals surface area (Å²) in [5.41, 5.74) is -1.31. The van der Waals surface area contributed by atoms with E-state index in [4.69, 9.17) is 21.1 Å². The van der Waals surface area contributed by atoms with Crippen molar-refractivity contribution in [2.45, 2.75) is 12.1 Å². The molecule has 2 aromatic rings. The fraction of sp³-hybridized carbons (Fsp3) is 0.133. The Balaban J connectivity index is 1.85. The van der Waals surface area contributed by atoms with E-state index in [1.54, 1.807) is 5.32 Å². The monoisotopic (exact) mass is 421 g/mol. The highest BCUT2D eigenvalue weighted by Gasteiger charge is 2.65. The fourth-order valence-corrected chi connectivity index (χ4v) is 2.40. The van der Waals surface area contributed by atoms with Gasteiger partial charge in [0.15, 0.2) is 11.5 Å². The molecule has 0 fully saturated rings. The molecule has 8 nitrogen and oxygen atoms in total. The van der Waals surface area contributed by atoms with Gasteiger partial charge in [0.25, 0.3) is 5.69 Å². The van der Waals surface area contributed by atoms with Crippen LogP contribution in [0.15, 0.2) is 36.4 Å². The number of urea groups is 1. The minimum atomic E-state index is -5.25. The number of nitro benzene ring substituents is 1. The lowest BCUT2D eigenvalue weighted by Gasteiger charge is -2.29. The predicted octanol–water partition coefficient (Wildman–Crippen LogP) is 4.20. The molecule has 1 heterocycles. The van der Waals surface area contributed by atoms with Crippen molar-refractivity contribution in [3.05, 3.63) is 57.4 Å². The third-order valence-electron chi connectivity index (χ3n) is 3.47. The van der Waals surface area contributed by atoms with Crippen molar-refractivity contribution in [1.82, 2.24) is 5.32 Å². The number of hydrogen-bond acceptors (Lipinski definition) is 5. The molecule has 148 valence electrons. The molecule has 0 aliphatic carbocycles. The van der Waals surface area contributed by atoms with E-state index in [1.807, 2.05) is 0 Å². The fourth-order valence-electron chi connectivity index (χ4n) is 2.24. The van der Waals surface area contributed by atoms with Crippen LogP contribution in [0.4, 0.5) is 33.7 Å². The van der Waals surface area contributed by atoms with Crippen LogP contribution in [0.25, 0.3) is 0 Å². The average Bonchev–Trinajstić information content (AvgIpc) is 2.94. The van der Waals surface area contributed by atoms with Crippen molar-refractivity contribution >= 4 is 29.0 Å². The molecule has 1 atom stereocenters. The normalized spacial score (nSPS) is 17.9. The highest BCUT2D eigenvalue weighted by Crippen LogP contribution is 2.46. The Morgan fingerprint density at radius 2 is 1.82 bits per heavy atom. The number of rotatable bonds is 3. The van der Waals surface area contributed by atoms with Crippen LogP contribution in [0.1, 0.15) is 0 Å². The molecule has 0 bridgehead atoms. The van der Waals surface area contributed by atoms with E-state index < -0.39 is 40.2 Å². The lowest BCUT2D eigenvalue weighted by Crippen LogP contribution is -2.65. The van der Waals surface area contributed by atoms with Crippen LogP contribution in [0.3, 0.4) is 0 Å². The number of benzene rings is 2. The van der Waals surface area contributed by atoms with Crippen LogP contribution in [0, 0.1) is 15.9 Å². The molecule has 2 N–H and O–H groups in total. The van der Waals surface area contributed by atoms with Gasteiger partial charge in [-0.3, -0.25) is 15.4 Å². The molecule has 1 aliphatic rings. The van der Waals surface area contributed by atoms with Gasteiger partial charge >= 0.3 is 18.1 Å². The largest absolute Gasteiger partial charge is 0.492 e. The number of amides is 2. The molecule has 2 amide bonds. The number of fused-ring (bicyclic) bond motifs is 1. The van der Waals surface area contributed by atoms with Gasteiger partial charge in [-0.05, 0) is 18.2 Å². The number of anilines is 1. The van der Waals surface area contributed by atoms with Crippen LogP contribution in [0.5, 0.6) is 11.5 Å². The summed E-state index contributed by atoms with van der Waals surface area (Å²) < 4.78 is 63.8. The van der Waals surface area contributed by atoms with Crippen LogP contribution >= 0.6 is 11.6 Å². The number of non-ortho nitro benzene ring substituents is 1. The molecule has 3 rings (SSSR count). The van der Waals surface area contributed by atoms with Gasteiger partial charge in [0.2, 0.25) is 0 Å². The standard InChI is InChI=1S/C15H8ClF4N3O5/c16-7-1-4-11-12(5-7)28-15(27-11,14(18,19)20)22-13(24)21-10-6-8(23(25)26)2-3-9(10)17/h1-6H,(H2,21,22,24). The van der Waals surface area contributed by atoms with Gasteiger partial charge in [0.1, 0.15) is 5.82 Å². The molecule has 13 heteroatoms. The summed E-state index contributed by atoms with van der Waals surface area (Å²) in [5, 5.41) is 14.0. The number of alkyl halides is 3. The van der Waals surface area contributed by atoms with E-state index >= 15 is 0 Å². The van der Waals surface area contributed by atoms with E-state index in [-0.39, 0.29) is 16.5 Å². The summed E-state index contributed by atoms with van der Waals surface area (Å²) in [7, 11) is 0. The van der Waals surface area contributed by atoms with Gasteiger partial charge in [-0.2, -0.15) is 13.2 Å². The molecule has 1 aliphatic heterocycles. The number of nitrogens with zero attached hydrogens (tertiary/aromatic N) is 1. The van der Waals surface area contributed by atoms with Crippen molar-refractivity contribution in [2.75, 3.05) is 5.32 Å². The van der Waals surface area contributed by atoms with Crippen molar-refractivity contribution in [2.24, 2.45) is 0 Å². The van der Waals surface area contributed by atoms with Gasteiger partial charge in [0.05, 0.1) is 10.6 Å². The van der Waals surface area contributed by atoms with Gasteiger partial charge in [0, 0.05) is 23.2 Å². The van der Waals surface area contributed by atoms with E-state index in [2.05, 4.69) is 0 Å². The molecule has 1 unspecified atom stereocenters. The minimum absolute atomic E-state index is 0.0587. The quantitative estimate of drug-likeness (QED) is 0.439. The maximum absolute atomic E-state index is 13.7. The van der Waals surface area contributed by atoms with Crippen LogP contribution in [0.2, 0.25) is 5.02 Å². The van der Waals surface area contributed by atoms with Crippen LogP contribution in [-0.2, 0) is 0 Å². The summed E-state index contributed by atoms with van der Waals surface area (Å²) in [5.74, 6) is -5.44. The Kier molecular flexibility index (Phi) is 4.67. The summed E-state index contributed by atoms with van der Waals surface area (Å²) in [4.78, 5) is 21.9. The summed E-state index contributed by atoms with van der Waals surface area (Å²) >= 11 is 5.69. The van der Waals surface area contributed by atoms with Crippen molar-refractivity contribution in [1.29, 1.82) is 0 Å². The van der Waals surface area contributed by atoms with Gasteiger partial charge in [-0.15, -0.1) is 0 Å². The highest BCUT2D eigenvalue weighted by molar-refractivity contribution is 6.30. The molecule has 28 heavy (non-hydrogen) atoms. The Labute approximate surface area is 158 Å². The number of carbonyl (C=O) groups excluding carboxylic acids is 1. The molecular formula is C15H8ClF4N3O5. The number of hydrogen-bond donors (Lipinski definition) is 2. The van der Waals surface area contributed by atoms with Crippen molar-refractivity contribution in [3.8, 4) is 11.5 Å². The number of halogens is 5. The lowest BCUT2D eigenvalue weighted by molar-refractivity contribution is -0.384. The van der Waals surface area contributed by atoms with Gasteiger partial charge in [-0.25, -0.2) is 9.18 Å². The third kappa shape index (κ3) is 3.58. The smallest absolute Gasteiger partial charge is 0.424 e. The second kappa shape index (κ2) is 6.71. The second-order valence-electron chi connectivity index (χ2n) is 5.41. The molecule has 0 saturated carbocycles. The summed E-state index contributed by atoms with van der Waals surface area (Å²) in [6.07, 6.45) is -5.25. The zero-order valence-electron chi connectivity index (χ0n) is 13.3. The molecular weight excluding hydrogens is 414 g/mol. The summed E-state index contributed by atoms with van der Waals surface area (Å²) in [6.45, 7) is 0. The second-order valence-corrected chi connectivity index (χ2v) is 5.85. The van der Waals surface area contributed by atoms with E-state index in [0.717, 1.165) is 18.2 Å². The zero-order valence-corrected chi connectivity index (χ0v) is 14.1. The van der Waals surface area contributed by atoms with Crippen molar-refractivity contribution < 1.29 is 36.8 Å². The van der Waals surface area contributed by atoms with E-state index in [9.17, 15) is 32.5 Å². The SMILES string of the molecule is O=C(Nc1cc([N+](=O)[O-])ccc1F)NC1(C(F)(F)F)Oc2ccc(Cl)cc2O1. The Morgan fingerprint density at radius 3 is 2.46 bits per heavy atom. The van der Waals surface area contributed by atoms with Crippen molar-refractivity contribution in [3.63, 3.8) is 0 Å². The summed E-state index contributed by atoms with van der Waals surface area (Å²) in [6, 6.07) is 3.94. The number of ether oxygens (including phenoxy) is 2. The Morgan fingerprint density at radius 1 is 1.14 bits per heavy atom. The van der Waals surface area contributed by atoms with Gasteiger partial charge in [-0.1, -0.05) is 11.6 Å². The Bertz CT molecular complexity index is 971. The number of nitro groups is 1. The maximum Gasteiger partial charge on any atom is 0.492 e. The first kappa shape index (κ1) is 19.5. The Hall–Kier alpha value is -3.28. The van der Waals surface area contributed by atoms with Gasteiger partial charge < -0.3 is 14.8 Å². The molecule has 0 radical (unpaired) electrons. The minimum Gasteiger partial charge on any atom is -0.424 e. The average molecular weight is 422 g/mol. The first-order valence-electron chi connectivity index (χ1n) is 7.28. The molecule has 2 aromatic carbocycles. The lowest BCUT2D eigenvalue weighted by atomic mass is 10.2. The number of carbonyl (C=O) groups is 1. The molecule has 0 saturated heterocycles.